The topological polar surface area (TPSA) is 71.5 Å². The Morgan fingerprint density at radius 3 is 2.90 bits per heavy atom. The van der Waals surface area contributed by atoms with Crippen LogP contribution in [0.2, 0.25) is 0 Å². The molecule has 0 fully saturated rings. The number of nitrogens with zero attached hydrogens (tertiary/aromatic N) is 2. The number of methoxy groups -OCH3 is 1. The van der Waals surface area contributed by atoms with E-state index in [0.29, 0.717) is 29.6 Å². The number of aryl methyl sites for hydroxylation is 1. The van der Waals surface area contributed by atoms with E-state index >= 15 is 0 Å². The Hall–Kier alpha value is -1.64. The third-order valence-corrected chi connectivity index (χ3v) is 4.48. The second-order valence-electron chi connectivity index (χ2n) is 4.47. The predicted molar refractivity (Wildman–Crippen MR) is 82.3 cm³/mol. The van der Waals surface area contributed by atoms with Crippen molar-refractivity contribution in [2.75, 3.05) is 19.6 Å². The molecule has 1 aromatic heterocycles. The van der Waals surface area contributed by atoms with Gasteiger partial charge in [0.1, 0.15) is 5.82 Å². The van der Waals surface area contributed by atoms with E-state index < -0.39 is 0 Å². The van der Waals surface area contributed by atoms with Gasteiger partial charge in [-0.25, -0.2) is 4.68 Å². The maximum atomic E-state index is 6.04. The molecule has 106 valence electrons. The van der Waals surface area contributed by atoms with Crippen molar-refractivity contribution in [2.45, 2.75) is 13.5 Å². The molecule has 0 bridgehead atoms. The Bertz CT molecular complexity index is 669. The lowest BCUT2D eigenvalue weighted by atomic mass is 10.2. The summed E-state index contributed by atoms with van der Waals surface area (Å²) in [6, 6.07) is 3.84. The van der Waals surface area contributed by atoms with Crippen LogP contribution in [-0.2, 0) is 6.54 Å². The molecule has 6 nitrogen and oxygen atoms in total. The second-order valence-corrected chi connectivity index (χ2v) is 5.55. The molecule has 1 aliphatic rings. The summed E-state index contributed by atoms with van der Waals surface area (Å²) in [7, 11) is 1.61. The van der Waals surface area contributed by atoms with Crippen LogP contribution in [0.15, 0.2) is 12.1 Å². The smallest absolute Gasteiger partial charge is 0.231 e. The van der Waals surface area contributed by atoms with Crippen molar-refractivity contribution in [3.63, 3.8) is 0 Å². The SMILES string of the molecule is COc1cc(Cn2nc(C)c(I)c2N)cc2c1OCO2. The van der Waals surface area contributed by atoms with Crippen molar-refractivity contribution in [1.82, 2.24) is 9.78 Å². The van der Waals surface area contributed by atoms with Gasteiger partial charge in [0.05, 0.1) is 22.9 Å². The maximum Gasteiger partial charge on any atom is 0.231 e. The van der Waals surface area contributed by atoms with Crippen molar-refractivity contribution in [1.29, 1.82) is 0 Å². The van der Waals surface area contributed by atoms with Crippen LogP contribution < -0.4 is 19.9 Å². The minimum absolute atomic E-state index is 0.218. The number of nitrogens with two attached hydrogens (primary N) is 1. The van der Waals surface area contributed by atoms with Gasteiger partial charge in [0.25, 0.3) is 0 Å². The fourth-order valence-corrected chi connectivity index (χ4v) is 2.53. The minimum Gasteiger partial charge on any atom is -0.493 e. The molecule has 0 amide bonds. The number of hydrogen-bond donors (Lipinski definition) is 1. The zero-order valence-corrected chi connectivity index (χ0v) is 13.3. The first-order valence-corrected chi connectivity index (χ1v) is 7.13. The van der Waals surface area contributed by atoms with Crippen LogP contribution in [0.5, 0.6) is 17.2 Å². The molecule has 0 saturated carbocycles. The molecule has 0 unspecified atom stereocenters. The Morgan fingerprint density at radius 1 is 1.45 bits per heavy atom. The van der Waals surface area contributed by atoms with Crippen LogP contribution in [-0.4, -0.2) is 23.7 Å². The number of nitrogen functional groups attached to an aromatic ring is 1. The third kappa shape index (κ3) is 2.15. The largest absolute Gasteiger partial charge is 0.493 e. The molecule has 1 aromatic carbocycles. The van der Waals surface area contributed by atoms with Gasteiger partial charge >= 0.3 is 0 Å². The lowest BCUT2D eigenvalue weighted by Gasteiger charge is -2.09. The molecule has 0 aliphatic carbocycles. The Morgan fingerprint density at radius 2 is 2.25 bits per heavy atom. The van der Waals surface area contributed by atoms with Gasteiger partial charge in [-0.05, 0) is 47.2 Å². The first kappa shape index (κ1) is 13.3. The number of benzene rings is 1. The highest BCUT2D eigenvalue weighted by Crippen LogP contribution is 2.42. The van der Waals surface area contributed by atoms with Gasteiger partial charge in [0, 0.05) is 0 Å². The summed E-state index contributed by atoms with van der Waals surface area (Å²) < 4.78 is 18.9. The maximum absolute atomic E-state index is 6.04. The number of anilines is 1. The number of aromatic nitrogens is 2. The number of rotatable bonds is 3. The molecule has 2 heterocycles. The lowest BCUT2D eigenvalue weighted by molar-refractivity contribution is 0.171. The van der Waals surface area contributed by atoms with E-state index in [1.54, 1.807) is 11.8 Å². The molecule has 2 N–H and O–H groups in total. The molecule has 0 saturated heterocycles. The Balaban J connectivity index is 1.97. The predicted octanol–water partition coefficient (Wildman–Crippen LogP) is 2.16. The number of fused-ring (bicyclic) bond motifs is 1. The van der Waals surface area contributed by atoms with E-state index in [1.807, 2.05) is 19.1 Å². The molecule has 0 atom stereocenters. The van der Waals surface area contributed by atoms with E-state index in [4.69, 9.17) is 19.9 Å². The summed E-state index contributed by atoms with van der Waals surface area (Å²) in [5.74, 6) is 2.67. The van der Waals surface area contributed by atoms with Gasteiger partial charge in [0.15, 0.2) is 11.5 Å². The molecular formula is C13H14IN3O3. The summed E-state index contributed by atoms with van der Waals surface area (Å²) in [5.41, 5.74) is 7.96. The van der Waals surface area contributed by atoms with Crippen molar-refractivity contribution in [3.8, 4) is 17.2 Å². The Kier molecular flexibility index (Phi) is 3.36. The van der Waals surface area contributed by atoms with Gasteiger partial charge in [-0.3, -0.25) is 0 Å². The van der Waals surface area contributed by atoms with Crippen LogP contribution in [0, 0.1) is 10.5 Å². The fourth-order valence-electron chi connectivity index (χ4n) is 2.15. The van der Waals surface area contributed by atoms with E-state index in [1.165, 1.54) is 0 Å². The normalized spacial score (nSPS) is 12.8. The fraction of sp³-hybridized carbons (Fsp3) is 0.308. The van der Waals surface area contributed by atoms with Crippen molar-refractivity contribution in [3.05, 3.63) is 27.0 Å². The molecular weight excluding hydrogens is 373 g/mol. The van der Waals surface area contributed by atoms with E-state index in [0.717, 1.165) is 14.8 Å². The summed E-state index contributed by atoms with van der Waals surface area (Å²) in [5, 5.41) is 4.43. The van der Waals surface area contributed by atoms with Gasteiger partial charge in [0.2, 0.25) is 12.5 Å². The molecule has 7 heteroatoms. The first-order chi connectivity index (χ1) is 9.60. The Labute approximate surface area is 129 Å². The van der Waals surface area contributed by atoms with Gasteiger partial charge in [-0.2, -0.15) is 5.10 Å². The van der Waals surface area contributed by atoms with Gasteiger partial charge in [-0.1, -0.05) is 0 Å². The summed E-state index contributed by atoms with van der Waals surface area (Å²) in [6.45, 7) is 2.72. The van der Waals surface area contributed by atoms with Crippen LogP contribution in [0.4, 0.5) is 5.82 Å². The van der Waals surface area contributed by atoms with Gasteiger partial charge in [-0.15, -0.1) is 0 Å². The highest BCUT2D eigenvalue weighted by molar-refractivity contribution is 14.1. The number of ether oxygens (including phenoxy) is 3. The molecule has 0 spiro atoms. The number of halogens is 1. The monoisotopic (exact) mass is 387 g/mol. The zero-order chi connectivity index (χ0) is 14.3. The molecule has 3 rings (SSSR count). The van der Waals surface area contributed by atoms with Crippen LogP contribution in [0.3, 0.4) is 0 Å². The standard InChI is InChI=1S/C13H14IN3O3/c1-7-11(14)13(15)17(16-7)5-8-3-9(18-2)12-10(4-8)19-6-20-12/h3-4H,5-6,15H2,1-2H3. The molecule has 0 radical (unpaired) electrons. The third-order valence-electron chi connectivity index (χ3n) is 3.14. The molecule has 2 aromatic rings. The highest BCUT2D eigenvalue weighted by atomic mass is 127. The first-order valence-electron chi connectivity index (χ1n) is 6.05. The lowest BCUT2D eigenvalue weighted by Crippen LogP contribution is -2.06. The van der Waals surface area contributed by atoms with Gasteiger partial charge < -0.3 is 19.9 Å². The van der Waals surface area contributed by atoms with Crippen LogP contribution in [0.1, 0.15) is 11.3 Å². The summed E-state index contributed by atoms with van der Waals surface area (Å²) >= 11 is 2.20. The highest BCUT2D eigenvalue weighted by Gasteiger charge is 2.20. The quantitative estimate of drug-likeness (QED) is 0.818. The summed E-state index contributed by atoms with van der Waals surface area (Å²) in [6.07, 6.45) is 0. The average molecular weight is 387 g/mol. The summed E-state index contributed by atoms with van der Waals surface area (Å²) in [4.78, 5) is 0. The zero-order valence-electron chi connectivity index (χ0n) is 11.1. The van der Waals surface area contributed by atoms with Crippen molar-refractivity contribution >= 4 is 28.4 Å². The van der Waals surface area contributed by atoms with E-state index in [-0.39, 0.29) is 6.79 Å². The number of hydrogen-bond acceptors (Lipinski definition) is 5. The van der Waals surface area contributed by atoms with Crippen LogP contribution >= 0.6 is 22.6 Å². The van der Waals surface area contributed by atoms with Crippen LogP contribution in [0.25, 0.3) is 0 Å². The van der Waals surface area contributed by atoms with Crippen molar-refractivity contribution < 1.29 is 14.2 Å². The minimum atomic E-state index is 0.218. The molecule has 20 heavy (non-hydrogen) atoms. The average Bonchev–Trinajstić information content (AvgIpc) is 2.99. The van der Waals surface area contributed by atoms with E-state index in [9.17, 15) is 0 Å². The van der Waals surface area contributed by atoms with Crippen molar-refractivity contribution in [2.24, 2.45) is 0 Å². The molecule has 1 aliphatic heterocycles. The second kappa shape index (κ2) is 5.04. The van der Waals surface area contributed by atoms with E-state index in [2.05, 4.69) is 27.7 Å².